The molecule has 7 nitrogen and oxygen atoms in total. The van der Waals surface area contributed by atoms with Gasteiger partial charge in [-0.1, -0.05) is 13.2 Å². The first kappa shape index (κ1) is 20.3. The van der Waals surface area contributed by atoms with E-state index in [4.69, 9.17) is 10.5 Å². The van der Waals surface area contributed by atoms with Gasteiger partial charge in [-0.2, -0.15) is 0 Å². The van der Waals surface area contributed by atoms with E-state index in [0.29, 0.717) is 22.1 Å². The molecule has 0 unspecified atom stereocenters. The number of amides is 2. The lowest BCUT2D eigenvalue weighted by atomic mass is 10.2. The summed E-state index contributed by atoms with van der Waals surface area (Å²) in [5.74, 6) is -0.357. The van der Waals surface area contributed by atoms with Crippen LogP contribution in [0.15, 0.2) is 30.6 Å². The Labute approximate surface area is 161 Å². The number of rotatable bonds is 4. The number of nitrogens with zero attached hydrogens (tertiary/aromatic N) is 1. The number of aromatic nitrogens is 1. The predicted molar refractivity (Wildman–Crippen MR) is 110 cm³/mol. The number of carbonyl (C=O) groups is 2. The fraction of sp³-hybridized carbons (Fsp3) is 0.263. The smallest absolute Gasteiger partial charge is 0.412 e. The number of nitrogens with two attached hydrogens (primary N) is 1. The van der Waals surface area contributed by atoms with Gasteiger partial charge < -0.3 is 20.4 Å². The number of ether oxygens (including phenoxy) is 1. The van der Waals surface area contributed by atoms with Crippen molar-refractivity contribution < 1.29 is 14.3 Å². The first-order valence-corrected chi connectivity index (χ1v) is 8.99. The second-order valence-electron chi connectivity index (χ2n) is 7.00. The van der Waals surface area contributed by atoms with Gasteiger partial charge in [-0.3, -0.25) is 10.1 Å². The van der Waals surface area contributed by atoms with E-state index in [1.54, 1.807) is 56.8 Å². The van der Waals surface area contributed by atoms with Crippen LogP contribution < -0.4 is 26.1 Å². The van der Waals surface area contributed by atoms with E-state index in [1.807, 2.05) is 0 Å². The van der Waals surface area contributed by atoms with Crippen LogP contribution in [0.3, 0.4) is 0 Å². The maximum atomic E-state index is 12.5. The molecule has 144 valence electrons. The summed E-state index contributed by atoms with van der Waals surface area (Å²) < 4.78 is 7.60. The highest BCUT2D eigenvalue weighted by Gasteiger charge is 2.18. The highest BCUT2D eigenvalue weighted by Crippen LogP contribution is 2.15. The SMILES string of the molecule is C=C(/C=c1/cc(N)sc1=C)NC(=O)c1cc(NC(=O)OC(C)(C)C)cn1C. The number of nitrogen functional groups attached to an aromatic ring is 1. The molecule has 0 saturated carbocycles. The minimum atomic E-state index is -0.606. The third kappa shape index (κ3) is 5.75. The fourth-order valence-corrected chi connectivity index (χ4v) is 3.01. The molecule has 0 atom stereocenters. The largest absolute Gasteiger partial charge is 0.444 e. The molecular weight excluding hydrogens is 364 g/mol. The second kappa shape index (κ2) is 7.71. The molecule has 2 heterocycles. The summed E-state index contributed by atoms with van der Waals surface area (Å²) in [6.45, 7) is 13.1. The molecule has 0 aliphatic rings. The molecule has 27 heavy (non-hydrogen) atoms. The van der Waals surface area contributed by atoms with Crippen molar-refractivity contribution in [1.29, 1.82) is 0 Å². The van der Waals surface area contributed by atoms with Gasteiger partial charge >= 0.3 is 6.09 Å². The van der Waals surface area contributed by atoms with Gasteiger partial charge in [-0.05, 0) is 44.2 Å². The molecule has 0 saturated heterocycles. The van der Waals surface area contributed by atoms with Gasteiger partial charge in [0.2, 0.25) is 0 Å². The zero-order valence-corrected chi connectivity index (χ0v) is 16.7. The third-order valence-corrected chi connectivity index (χ3v) is 4.18. The Hall–Kier alpha value is -3.00. The van der Waals surface area contributed by atoms with E-state index in [0.717, 1.165) is 9.75 Å². The molecule has 8 heteroatoms. The molecule has 0 bridgehead atoms. The Kier molecular flexibility index (Phi) is 5.80. The van der Waals surface area contributed by atoms with E-state index in [-0.39, 0.29) is 5.91 Å². The van der Waals surface area contributed by atoms with Crippen molar-refractivity contribution in [3.63, 3.8) is 0 Å². The molecule has 0 spiro atoms. The van der Waals surface area contributed by atoms with Gasteiger partial charge in [-0.15, -0.1) is 11.3 Å². The maximum absolute atomic E-state index is 12.5. The number of hydrogen-bond acceptors (Lipinski definition) is 5. The molecule has 4 N–H and O–H groups in total. The van der Waals surface area contributed by atoms with Gasteiger partial charge in [0, 0.05) is 23.5 Å². The number of anilines is 2. The van der Waals surface area contributed by atoms with Gasteiger partial charge in [0.1, 0.15) is 11.3 Å². The molecule has 0 aromatic carbocycles. The Balaban J connectivity index is 2.09. The Morgan fingerprint density at radius 2 is 2.00 bits per heavy atom. The zero-order chi connectivity index (χ0) is 20.4. The molecule has 0 aliphatic heterocycles. The number of aryl methyl sites for hydroxylation is 1. The summed E-state index contributed by atoms with van der Waals surface area (Å²) in [7, 11) is 1.70. The van der Waals surface area contributed by atoms with Crippen LogP contribution in [0.1, 0.15) is 31.3 Å². The average Bonchev–Trinajstić information content (AvgIpc) is 2.98. The molecular formula is C19H24N4O3S. The van der Waals surface area contributed by atoms with E-state index in [2.05, 4.69) is 23.8 Å². The van der Waals surface area contributed by atoms with Gasteiger partial charge in [0.25, 0.3) is 5.91 Å². The van der Waals surface area contributed by atoms with Crippen molar-refractivity contribution in [2.75, 3.05) is 11.1 Å². The quantitative estimate of drug-likeness (QED) is 0.747. The van der Waals surface area contributed by atoms with Gasteiger partial charge in [0.15, 0.2) is 0 Å². The highest BCUT2D eigenvalue weighted by atomic mass is 32.1. The van der Waals surface area contributed by atoms with Crippen molar-refractivity contribution in [2.24, 2.45) is 7.05 Å². The standard InChI is InChI=1S/C19H24N4O3S/c1-11(7-13-8-16(20)27-12(13)2)21-17(24)15-9-14(10-23(15)6)22-18(25)26-19(3,4)5/h7-10H,1-2,20H2,3-6H3,(H,21,24)(H,22,25)/b13-7-. The number of allylic oxidation sites excluding steroid dienone is 1. The van der Waals surface area contributed by atoms with Crippen LogP contribution >= 0.6 is 11.3 Å². The maximum Gasteiger partial charge on any atom is 0.412 e. The number of nitrogens with one attached hydrogen (secondary N) is 2. The summed E-state index contributed by atoms with van der Waals surface area (Å²) in [6, 6.07) is 3.33. The minimum Gasteiger partial charge on any atom is -0.444 e. The van der Waals surface area contributed by atoms with Gasteiger partial charge in [0.05, 0.1) is 10.7 Å². The van der Waals surface area contributed by atoms with Crippen molar-refractivity contribution in [2.45, 2.75) is 26.4 Å². The van der Waals surface area contributed by atoms with Crippen LogP contribution in [0.5, 0.6) is 0 Å². The molecule has 2 amide bonds. The van der Waals surface area contributed by atoms with Crippen LogP contribution in [0, 0.1) is 0 Å². The number of carbonyl (C=O) groups excluding carboxylic acids is 2. The average molecular weight is 388 g/mol. The highest BCUT2D eigenvalue weighted by molar-refractivity contribution is 7.13. The Bertz CT molecular complexity index is 995. The Morgan fingerprint density at radius 3 is 2.56 bits per heavy atom. The van der Waals surface area contributed by atoms with Gasteiger partial charge in [-0.25, -0.2) is 4.79 Å². The molecule has 2 aromatic heterocycles. The van der Waals surface area contributed by atoms with Crippen molar-refractivity contribution in [1.82, 2.24) is 9.88 Å². The van der Waals surface area contributed by atoms with Crippen LogP contribution in [-0.4, -0.2) is 22.2 Å². The molecule has 0 aliphatic carbocycles. The first-order chi connectivity index (χ1) is 12.4. The predicted octanol–water partition coefficient (Wildman–Crippen LogP) is 2.15. The van der Waals surface area contributed by atoms with E-state index >= 15 is 0 Å². The topological polar surface area (TPSA) is 98.4 Å². The van der Waals surface area contributed by atoms with Crippen molar-refractivity contribution in [3.8, 4) is 0 Å². The van der Waals surface area contributed by atoms with Crippen molar-refractivity contribution >= 4 is 46.7 Å². The summed E-state index contributed by atoms with van der Waals surface area (Å²) in [5.41, 5.74) is 6.36. The van der Waals surface area contributed by atoms with E-state index < -0.39 is 11.7 Å². The summed E-state index contributed by atoms with van der Waals surface area (Å²) in [6.07, 6.45) is 2.74. The number of thiophene rings is 1. The zero-order valence-electron chi connectivity index (χ0n) is 15.9. The van der Waals surface area contributed by atoms with Crippen molar-refractivity contribution in [3.05, 3.63) is 46.1 Å². The molecule has 0 fully saturated rings. The normalized spacial score (nSPS) is 11.9. The van der Waals surface area contributed by atoms with Crippen LogP contribution in [0.4, 0.5) is 15.5 Å². The lowest BCUT2D eigenvalue weighted by Crippen LogP contribution is -2.27. The summed E-state index contributed by atoms with van der Waals surface area (Å²) in [4.78, 5) is 24.3. The lowest BCUT2D eigenvalue weighted by molar-refractivity contribution is 0.0635. The van der Waals surface area contributed by atoms with Crippen LogP contribution in [0.2, 0.25) is 0 Å². The monoisotopic (exact) mass is 388 g/mol. The summed E-state index contributed by atoms with van der Waals surface area (Å²) in [5, 5.41) is 6.77. The summed E-state index contributed by atoms with van der Waals surface area (Å²) >= 11 is 1.37. The van der Waals surface area contributed by atoms with E-state index in [1.165, 1.54) is 11.3 Å². The van der Waals surface area contributed by atoms with Crippen LogP contribution in [0.25, 0.3) is 12.7 Å². The second-order valence-corrected chi connectivity index (χ2v) is 8.17. The van der Waals surface area contributed by atoms with Crippen LogP contribution in [-0.2, 0) is 11.8 Å². The first-order valence-electron chi connectivity index (χ1n) is 8.17. The third-order valence-electron chi connectivity index (χ3n) is 3.35. The van der Waals surface area contributed by atoms with E-state index in [9.17, 15) is 9.59 Å². The lowest BCUT2D eigenvalue weighted by Gasteiger charge is -2.19. The minimum absolute atomic E-state index is 0.357. The molecule has 0 radical (unpaired) electrons. The molecule has 2 rings (SSSR count). The fourth-order valence-electron chi connectivity index (χ4n) is 2.30. The number of hydrogen-bond donors (Lipinski definition) is 3. The molecule has 2 aromatic rings. The Morgan fingerprint density at radius 1 is 1.33 bits per heavy atom.